The quantitative estimate of drug-likeness (QED) is 0.882. The Balaban J connectivity index is 1.55. The zero-order chi connectivity index (χ0) is 16.2. The number of aliphatic hydroxyl groups excluding tert-OH is 1. The number of hydrogen-bond acceptors (Lipinski definition) is 6. The summed E-state index contributed by atoms with van der Waals surface area (Å²) in [4.78, 5) is 30.9. The third-order valence-corrected chi connectivity index (χ3v) is 5.34. The zero-order valence-corrected chi connectivity index (χ0v) is 14.0. The first-order valence-electron chi connectivity index (χ1n) is 7.37. The molecule has 2 aromatic heterocycles. The molecule has 122 valence electrons. The van der Waals surface area contributed by atoms with Gasteiger partial charge in [-0.2, -0.15) is 0 Å². The van der Waals surface area contributed by atoms with Crippen LogP contribution in [0, 0.1) is 0 Å². The van der Waals surface area contributed by atoms with Crippen LogP contribution in [0.5, 0.6) is 0 Å². The number of anilines is 1. The molecule has 2 amide bonds. The Bertz CT molecular complexity index is 676. The second-order valence-electron chi connectivity index (χ2n) is 5.36. The van der Waals surface area contributed by atoms with E-state index in [-0.39, 0.29) is 24.3 Å². The van der Waals surface area contributed by atoms with Crippen molar-refractivity contribution in [3.05, 3.63) is 33.5 Å². The van der Waals surface area contributed by atoms with Gasteiger partial charge < -0.3 is 10.0 Å². The molecule has 0 unspecified atom stereocenters. The van der Waals surface area contributed by atoms with Crippen LogP contribution in [0.3, 0.4) is 0 Å². The van der Waals surface area contributed by atoms with Crippen molar-refractivity contribution in [3.8, 4) is 0 Å². The molecular formula is C15H17N3O3S2. The maximum absolute atomic E-state index is 12.2. The largest absolute Gasteiger partial charge is 0.393 e. The Morgan fingerprint density at radius 1 is 1.35 bits per heavy atom. The topological polar surface area (TPSA) is 82.5 Å². The van der Waals surface area contributed by atoms with Gasteiger partial charge in [-0.1, -0.05) is 6.07 Å². The van der Waals surface area contributed by atoms with Crippen LogP contribution in [-0.4, -0.2) is 46.0 Å². The van der Waals surface area contributed by atoms with Crippen molar-refractivity contribution in [1.82, 2.24) is 9.88 Å². The summed E-state index contributed by atoms with van der Waals surface area (Å²) in [5.74, 6) is -0.171. The number of amides is 2. The molecule has 2 aromatic rings. The van der Waals surface area contributed by atoms with Crippen molar-refractivity contribution in [2.45, 2.75) is 25.4 Å². The van der Waals surface area contributed by atoms with Gasteiger partial charge in [0.2, 0.25) is 5.91 Å². The normalized spacial score (nSPS) is 15.6. The lowest BCUT2D eigenvalue weighted by Gasteiger charge is -2.29. The molecule has 3 heterocycles. The maximum atomic E-state index is 12.2. The van der Waals surface area contributed by atoms with Crippen LogP contribution in [0.15, 0.2) is 22.9 Å². The highest BCUT2D eigenvalue weighted by Gasteiger charge is 2.22. The van der Waals surface area contributed by atoms with Crippen LogP contribution < -0.4 is 5.32 Å². The number of aliphatic hydroxyl groups is 1. The summed E-state index contributed by atoms with van der Waals surface area (Å²) < 4.78 is 0. The van der Waals surface area contributed by atoms with Crippen LogP contribution in [0.1, 0.15) is 28.2 Å². The lowest BCUT2D eigenvalue weighted by Crippen LogP contribution is -2.40. The first-order chi connectivity index (χ1) is 11.1. The van der Waals surface area contributed by atoms with E-state index in [2.05, 4.69) is 10.3 Å². The summed E-state index contributed by atoms with van der Waals surface area (Å²) in [6.45, 7) is 1.18. The van der Waals surface area contributed by atoms with E-state index in [1.54, 1.807) is 16.3 Å². The molecule has 0 aromatic carbocycles. The van der Waals surface area contributed by atoms with Crippen LogP contribution in [0.2, 0.25) is 0 Å². The fourth-order valence-electron chi connectivity index (χ4n) is 2.39. The molecule has 2 N–H and O–H groups in total. The molecular weight excluding hydrogens is 334 g/mol. The summed E-state index contributed by atoms with van der Waals surface area (Å²) in [6, 6.07) is 3.57. The second kappa shape index (κ2) is 7.20. The average molecular weight is 351 g/mol. The number of rotatable bonds is 4. The predicted molar refractivity (Wildman–Crippen MR) is 89.9 cm³/mol. The summed E-state index contributed by atoms with van der Waals surface area (Å²) in [6.07, 6.45) is 1.19. The van der Waals surface area contributed by atoms with Gasteiger partial charge in [0.15, 0.2) is 5.13 Å². The van der Waals surface area contributed by atoms with Crippen LogP contribution in [0.25, 0.3) is 0 Å². The standard InChI is InChI=1S/C15H17N3O3S2/c19-11-3-5-18(6-4-11)13(20)8-10-9-23-15(16-10)17-14(21)12-2-1-7-22-12/h1-2,7,9,11,19H,3-6,8H2,(H,16,17,21). The predicted octanol–water partition coefficient (Wildman–Crippen LogP) is 1.98. The van der Waals surface area contributed by atoms with Crippen molar-refractivity contribution in [3.63, 3.8) is 0 Å². The van der Waals surface area contributed by atoms with Gasteiger partial charge in [-0.15, -0.1) is 22.7 Å². The first kappa shape index (κ1) is 16.1. The van der Waals surface area contributed by atoms with Gasteiger partial charge in [-0.3, -0.25) is 14.9 Å². The van der Waals surface area contributed by atoms with Crippen molar-refractivity contribution in [2.24, 2.45) is 0 Å². The van der Waals surface area contributed by atoms with Gasteiger partial charge in [-0.05, 0) is 24.3 Å². The number of hydrogen-bond donors (Lipinski definition) is 2. The van der Waals surface area contributed by atoms with Gasteiger partial charge in [-0.25, -0.2) is 4.98 Å². The number of carbonyl (C=O) groups excluding carboxylic acids is 2. The zero-order valence-electron chi connectivity index (χ0n) is 12.4. The SMILES string of the molecule is O=C(Nc1nc(CC(=O)N2CCC(O)CC2)cs1)c1cccs1. The van der Waals surface area contributed by atoms with Crippen molar-refractivity contribution >= 4 is 39.6 Å². The fraction of sp³-hybridized carbons (Fsp3) is 0.400. The maximum Gasteiger partial charge on any atom is 0.267 e. The number of thiazole rings is 1. The first-order valence-corrected chi connectivity index (χ1v) is 9.13. The van der Waals surface area contributed by atoms with Crippen LogP contribution in [-0.2, 0) is 11.2 Å². The van der Waals surface area contributed by atoms with Crippen LogP contribution in [0.4, 0.5) is 5.13 Å². The van der Waals surface area contributed by atoms with E-state index in [4.69, 9.17) is 0 Å². The molecule has 0 atom stereocenters. The molecule has 1 saturated heterocycles. The molecule has 0 aliphatic carbocycles. The van der Waals surface area contributed by atoms with Crippen LogP contribution >= 0.6 is 22.7 Å². The van der Waals surface area contributed by atoms with E-state index in [0.717, 1.165) is 0 Å². The summed E-state index contributed by atoms with van der Waals surface area (Å²) >= 11 is 2.69. The average Bonchev–Trinajstić information content (AvgIpc) is 3.19. The fourth-order valence-corrected chi connectivity index (χ4v) is 3.72. The van der Waals surface area contributed by atoms with Gasteiger partial charge in [0.1, 0.15) is 0 Å². The highest BCUT2D eigenvalue weighted by atomic mass is 32.1. The minimum absolute atomic E-state index is 0.0123. The molecule has 3 rings (SSSR count). The lowest BCUT2D eigenvalue weighted by atomic mass is 10.1. The molecule has 0 radical (unpaired) electrons. The molecule has 1 aliphatic heterocycles. The van der Waals surface area contributed by atoms with Gasteiger partial charge in [0.25, 0.3) is 5.91 Å². The molecule has 8 heteroatoms. The minimum Gasteiger partial charge on any atom is -0.393 e. The van der Waals surface area contributed by atoms with E-state index >= 15 is 0 Å². The number of nitrogens with zero attached hydrogens (tertiary/aromatic N) is 2. The van der Waals surface area contributed by atoms with Gasteiger partial charge >= 0.3 is 0 Å². The lowest BCUT2D eigenvalue weighted by molar-refractivity contribution is -0.132. The second-order valence-corrected chi connectivity index (χ2v) is 7.17. The third kappa shape index (κ3) is 4.15. The summed E-state index contributed by atoms with van der Waals surface area (Å²) in [5.41, 5.74) is 0.660. The molecule has 23 heavy (non-hydrogen) atoms. The van der Waals surface area contributed by atoms with E-state index in [1.165, 1.54) is 22.7 Å². The van der Waals surface area contributed by atoms with Crippen molar-refractivity contribution in [2.75, 3.05) is 18.4 Å². The molecule has 0 bridgehead atoms. The number of aromatic nitrogens is 1. The monoisotopic (exact) mass is 351 g/mol. The summed E-state index contributed by atoms with van der Waals surface area (Å²) in [5, 5.41) is 16.4. The number of thiophene rings is 1. The third-order valence-electron chi connectivity index (χ3n) is 3.67. The molecule has 0 spiro atoms. The Morgan fingerprint density at radius 2 is 2.13 bits per heavy atom. The number of nitrogens with one attached hydrogen (secondary N) is 1. The smallest absolute Gasteiger partial charge is 0.267 e. The van der Waals surface area contributed by atoms with Crippen molar-refractivity contribution in [1.29, 1.82) is 0 Å². The van der Waals surface area contributed by atoms with Gasteiger partial charge in [0.05, 0.1) is 23.1 Å². The molecule has 0 saturated carbocycles. The molecule has 1 aliphatic rings. The molecule has 1 fully saturated rings. The number of carbonyl (C=O) groups is 2. The number of likely N-dealkylation sites (tertiary alicyclic amines) is 1. The van der Waals surface area contributed by atoms with E-state index in [9.17, 15) is 14.7 Å². The Hall–Kier alpha value is -1.77. The highest BCUT2D eigenvalue weighted by Crippen LogP contribution is 2.19. The van der Waals surface area contributed by atoms with E-state index in [0.29, 0.717) is 41.6 Å². The van der Waals surface area contributed by atoms with E-state index in [1.807, 2.05) is 11.4 Å². The minimum atomic E-state index is -0.294. The highest BCUT2D eigenvalue weighted by molar-refractivity contribution is 7.14. The van der Waals surface area contributed by atoms with Gasteiger partial charge in [0, 0.05) is 18.5 Å². The van der Waals surface area contributed by atoms with Crippen molar-refractivity contribution < 1.29 is 14.7 Å². The Kier molecular flexibility index (Phi) is 5.04. The summed E-state index contributed by atoms with van der Waals surface area (Å²) in [7, 11) is 0. The molecule has 6 nitrogen and oxygen atoms in total. The Labute approximate surface area is 141 Å². The Morgan fingerprint density at radius 3 is 2.83 bits per heavy atom. The van der Waals surface area contributed by atoms with E-state index < -0.39 is 0 Å². The number of piperidine rings is 1.